The smallest absolute Gasteiger partial charge is 0.410 e. The number of methoxy groups -OCH3 is 1. The topological polar surface area (TPSA) is 38.8 Å². The number of hydrogen-bond donors (Lipinski definition) is 0. The zero-order valence-electron chi connectivity index (χ0n) is 13.7. The summed E-state index contributed by atoms with van der Waals surface area (Å²) in [5, 5.41) is 0. The van der Waals surface area contributed by atoms with Crippen molar-refractivity contribution in [2.75, 3.05) is 20.2 Å². The molecule has 1 saturated heterocycles. The summed E-state index contributed by atoms with van der Waals surface area (Å²) in [6.07, 6.45) is 1.86. The summed E-state index contributed by atoms with van der Waals surface area (Å²) in [6.45, 7) is 7.16. The highest BCUT2D eigenvalue weighted by atomic mass is 79.9. The number of ether oxygens (including phenoxy) is 2. The molecule has 22 heavy (non-hydrogen) atoms. The summed E-state index contributed by atoms with van der Waals surface area (Å²) in [7, 11) is 1.66. The van der Waals surface area contributed by atoms with Crippen LogP contribution in [-0.4, -0.2) is 36.8 Å². The molecule has 0 radical (unpaired) electrons. The molecule has 1 aliphatic rings. The van der Waals surface area contributed by atoms with E-state index in [4.69, 9.17) is 9.47 Å². The van der Waals surface area contributed by atoms with Crippen molar-refractivity contribution in [1.29, 1.82) is 0 Å². The van der Waals surface area contributed by atoms with Gasteiger partial charge in [-0.05, 0) is 67.2 Å². The Bertz CT molecular complexity index is 539. The van der Waals surface area contributed by atoms with E-state index in [2.05, 4.69) is 28.1 Å². The van der Waals surface area contributed by atoms with Crippen molar-refractivity contribution < 1.29 is 14.3 Å². The zero-order chi connectivity index (χ0) is 16.3. The first-order valence-electron chi connectivity index (χ1n) is 7.61. The molecular formula is C17H24BrNO3. The van der Waals surface area contributed by atoms with Crippen molar-refractivity contribution in [3.63, 3.8) is 0 Å². The highest BCUT2D eigenvalue weighted by Gasteiger charge is 2.28. The third-order valence-electron chi connectivity index (χ3n) is 3.72. The van der Waals surface area contributed by atoms with E-state index in [1.54, 1.807) is 7.11 Å². The molecule has 5 heteroatoms. The molecule has 2 rings (SSSR count). The quantitative estimate of drug-likeness (QED) is 0.765. The van der Waals surface area contributed by atoms with Gasteiger partial charge in [0.05, 0.1) is 11.6 Å². The number of nitrogens with zero attached hydrogens (tertiary/aromatic N) is 1. The Labute approximate surface area is 140 Å². The molecule has 1 heterocycles. The van der Waals surface area contributed by atoms with Gasteiger partial charge >= 0.3 is 6.09 Å². The highest BCUT2D eigenvalue weighted by molar-refractivity contribution is 9.10. The van der Waals surface area contributed by atoms with E-state index in [0.717, 1.165) is 29.6 Å². The molecule has 0 bridgehead atoms. The molecule has 1 aliphatic heterocycles. The van der Waals surface area contributed by atoms with Crippen LogP contribution in [0.2, 0.25) is 0 Å². The maximum absolute atomic E-state index is 12.2. The second kappa shape index (κ2) is 6.90. The first-order valence-corrected chi connectivity index (χ1v) is 8.41. The second-order valence-electron chi connectivity index (χ2n) is 6.66. The number of rotatable bonds is 2. The van der Waals surface area contributed by atoms with Gasteiger partial charge in [-0.1, -0.05) is 6.07 Å². The van der Waals surface area contributed by atoms with Gasteiger partial charge in [-0.25, -0.2) is 4.79 Å². The first-order chi connectivity index (χ1) is 10.3. The van der Waals surface area contributed by atoms with E-state index in [1.165, 1.54) is 5.56 Å². The van der Waals surface area contributed by atoms with Gasteiger partial charge in [-0.3, -0.25) is 0 Å². The number of amides is 1. The monoisotopic (exact) mass is 369 g/mol. The van der Waals surface area contributed by atoms with Gasteiger partial charge in [0.25, 0.3) is 0 Å². The normalized spacial score (nSPS) is 19.0. The molecule has 122 valence electrons. The highest BCUT2D eigenvalue weighted by Crippen LogP contribution is 2.33. The fourth-order valence-electron chi connectivity index (χ4n) is 2.68. The van der Waals surface area contributed by atoms with Gasteiger partial charge in [0, 0.05) is 19.0 Å². The summed E-state index contributed by atoms with van der Waals surface area (Å²) in [5.74, 6) is 1.16. The van der Waals surface area contributed by atoms with Crippen molar-refractivity contribution in [1.82, 2.24) is 4.90 Å². The molecular weight excluding hydrogens is 346 g/mol. The van der Waals surface area contributed by atoms with Crippen LogP contribution in [0.15, 0.2) is 22.7 Å². The second-order valence-corrected chi connectivity index (χ2v) is 7.51. The minimum atomic E-state index is -0.451. The van der Waals surface area contributed by atoms with Crippen LogP contribution in [0.3, 0.4) is 0 Å². The number of carbonyl (C=O) groups is 1. The molecule has 1 aromatic rings. The van der Waals surface area contributed by atoms with Crippen LogP contribution < -0.4 is 4.74 Å². The third-order valence-corrected chi connectivity index (χ3v) is 4.34. The number of carbonyl (C=O) groups excluding carboxylic acids is 1. The van der Waals surface area contributed by atoms with Crippen molar-refractivity contribution in [3.8, 4) is 5.75 Å². The average Bonchev–Trinajstić information content (AvgIpc) is 2.45. The molecule has 0 saturated carbocycles. The largest absolute Gasteiger partial charge is 0.496 e. The summed E-state index contributed by atoms with van der Waals surface area (Å²) in [5.41, 5.74) is 0.772. The van der Waals surface area contributed by atoms with Crippen LogP contribution >= 0.6 is 15.9 Å². The van der Waals surface area contributed by atoms with Crippen LogP contribution in [0.4, 0.5) is 4.79 Å². The molecule has 0 N–H and O–H groups in total. The summed E-state index contributed by atoms with van der Waals surface area (Å²) in [6, 6.07) is 6.13. The van der Waals surface area contributed by atoms with E-state index in [0.29, 0.717) is 12.5 Å². The number of hydrogen-bond acceptors (Lipinski definition) is 3. The number of likely N-dealkylation sites (tertiary alicyclic amines) is 1. The zero-order valence-corrected chi connectivity index (χ0v) is 15.3. The maximum Gasteiger partial charge on any atom is 0.410 e. The SMILES string of the molecule is COc1ccc(C2CCCN(C(=O)OC(C)(C)C)C2)cc1Br. The van der Waals surface area contributed by atoms with Gasteiger partial charge < -0.3 is 14.4 Å². The van der Waals surface area contributed by atoms with Crippen LogP contribution in [0.1, 0.15) is 45.1 Å². The molecule has 1 amide bonds. The van der Waals surface area contributed by atoms with Crippen LogP contribution in [0.25, 0.3) is 0 Å². The van der Waals surface area contributed by atoms with Crippen molar-refractivity contribution in [2.45, 2.75) is 45.1 Å². The van der Waals surface area contributed by atoms with Crippen molar-refractivity contribution >= 4 is 22.0 Å². The van der Waals surface area contributed by atoms with Gasteiger partial charge in [0.1, 0.15) is 11.4 Å². The summed E-state index contributed by atoms with van der Waals surface area (Å²) < 4.78 is 11.7. The number of benzene rings is 1. The van der Waals surface area contributed by atoms with Gasteiger partial charge in [0.15, 0.2) is 0 Å². The molecule has 1 fully saturated rings. The molecule has 1 aromatic carbocycles. The molecule has 0 aliphatic carbocycles. The van der Waals surface area contributed by atoms with E-state index >= 15 is 0 Å². The lowest BCUT2D eigenvalue weighted by molar-refractivity contribution is 0.0198. The molecule has 4 nitrogen and oxygen atoms in total. The molecule has 0 aromatic heterocycles. The standard InChI is InChI=1S/C17H24BrNO3/c1-17(2,3)22-16(20)19-9-5-6-13(11-19)12-7-8-15(21-4)14(18)10-12/h7-8,10,13H,5-6,9,11H2,1-4H3. The Morgan fingerprint density at radius 1 is 1.36 bits per heavy atom. The van der Waals surface area contributed by atoms with Crippen molar-refractivity contribution in [2.24, 2.45) is 0 Å². The lowest BCUT2D eigenvalue weighted by Crippen LogP contribution is -2.42. The predicted molar refractivity (Wildman–Crippen MR) is 90.5 cm³/mol. The van der Waals surface area contributed by atoms with Crippen LogP contribution in [0.5, 0.6) is 5.75 Å². The lowest BCUT2D eigenvalue weighted by Gasteiger charge is -2.34. The maximum atomic E-state index is 12.2. The summed E-state index contributed by atoms with van der Waals surface area (Å²) >= 11 is 3.53. The third kappa shape index (κ3) is 4.38. The Balaban J connectivity index is 2.07. The van der Waals surface area contributed by atoms with E-state index in [1.807, 2.05) is 31.7 Å². The Morgan fingerprint density at radius 2 is 2.09 bits per heavy atom. The number of piperidine rings is 1. The van der Waals surface area contributed by atoms with Crippen LogP contribution in [0, 0.1) is 0 Å². The lowest BCUT2D eigenvalue weighted by atomic mass is 9.91. The van der Waals surface area contributed by atoms with Gasteiger partial charge in [0.2, 0.25) is 0 Å². The van der Waals surface area contributed by atoms with Gasteiger partial charge in [-0.2, -0.15) is 0 Å². The predicted octanol–water partition coefficient (Wildman–Crippen LogP) is 4.57. The average molecular weight is 370 g/mol. The van der Waals surface area contributed by atoms with Crippen molar-refractivity contribution in [3.05, 3.63) is 28.2 Å². The fourth-order valence-corrected chi connectivity index (χ4v) is 3.24. The first kappa shape index (κ1) is 17.1. The minimum Gasteiger partial charge on any atom is -0.496 e. The molecule has 1 atom stereocenters. The van der Waals surface area contributed by atoms with E-state index in [-0.39, 0.29) is 6.09 Å². The molecule has 0 spiro atoms. The Morgan fingerprint density at radius 3 is 2.68 bits per heavy atom. The van der Waals surface area contributed by atoms with Gasteiger partial charge in [-0.15, -0.1) is 0 Å². The summed E-state index contributed by atoms with van der Waals surface area (Å²) in [4.78, 5) is 14.0. The van der Waals surface area contributed by atoms with E-state index in [9.17, 15) is 4.79 Å². The fraction of sp³-hybridized carbons (Fsp3) is 0.588. The van der Waals surface area contributed by atoms with E-state index < -0.39 is 5.60 Å². The molecule has 1 unspecified atom stereocenters. The minimum absolute atomic E-state index is 0.218. The number of halogens is 1. The Hall–Kier alpha value is -1.23. The van der Waals surface area contributed by atoms with Crippen LogP contribution in [-0.2, 0) is 4.74 Å². The Kier molecular flexibility index (Phi) is 5.37.